The molecule has 1 amide bonds. The summed E-state index contributed by atoms with van der Waals surface area (Å²) in [5, 5.41) is 2.76. The molecule has 4 atom stereocenters. The number of nitrogens with two attached hydrogens (primary N) is 1. The van der Waals surface area contributed by atoms with Crippen LogP contribution in [0.25, 0.3) is 0 Å². The molecular formula is C16H28ClF3N2O2. The van der Waals surface area contributed by atoms with Crippen LogP contribution in [-0.2, 0) is 9.53 Å². The Bertz CT molecular complexity index is 459. The van der Waals surface area contributed by atoms with Crippen LogP contribution < -0.4 is 11.1 Å². The summed E-state index contributed by atoms with van der Waals surface area (Å²) in [4.78, 5) is 12.6. The van der Waals surface area contributed by atoms with E-state index in [-0.39, 0.29) is 37.3 Å². The molecule has 0 aromatic carbocycles. The van der Waals surface area contributed by atoms with Crippen molar-refractivity contribution in [3.63, 3.8) is 0 Å². The first-order chi connectivity index (χ1) is 10.5. The summed E-state index contributed by atoms with van der Waals surface area (Å²) in [7, 11) is 0. The second-order valence-corrected chi connectivity index (χ2v) is 7.42. The van der Waals surface area contributed by atoms with Crippen molar-refractivity contribution in [2.75, 3.05) is 6.61 Å². The van der Waals surface area contributed by atoms with Crippen LogP contribution in [0.1, 0.15) is 52.9 Å². The molecule has 0 aliphatic heterocycles. The van der Waals surface area contributed by atoms with E-state index >= 15 is 0 Å². The summed E-state index contributed by atoms with van der Waals surface area (Å²) < 4.78 is 44.2. The third kappa shape index (κ3) is 3.83. The molecule has 0 aromatic heterocycles. The molecule has 0 heterocycles. The fraction of sp³-hybridized carbons (Fsp3) is 0.938. The van der Waals surface area contributed by atoms with Crippen LogP contribution in [-0.4, -0.2) is 36.4 Å². The molecule has 4 unspecified atom stereocenters. The van der Waals surface area contributed by atoms with Crippen molar-refractivity contribution >= 4 is 18.3 Å². The molecule has 0 bridgehead atoms. The van der Waals surface area contributed by atoms with Gasteiger partial charge in [-0.15, -0.1) is 12.4 Å². The summed E-state index contributed by atoms with van der Waals surface area (Å²) >= 11 is 0. The maximum Gasteiger partial charge on any atom is 0.391 e. The number of carbonyl (C=O) groups excluding carboxylic acids is 1. The molecule has 3 N–H and O–H groups in total. The van der Waals surface area contributed by atoms with E-state index in [9.17, 15) is 18.0 Å². The Morgan fingerprint density at radius 1 is 1.33 bits per heavy atom. The van der Waals surface area contributed by atoms with E-state index in [1.165, 1.54) is 0 Å². The topological polar surface area (TPSA) is 64.3 Å². The van der Waals surface area contributed by atoms with Gasteiger partial charge >= 0.3 is 6.18 Å². The SMILES string of the molecule is CCOC1CC(N)(C(=O)NC2CCCC(C(F)(F)F)C2)C1(C)C.Cl. The highest BCUT2D eigenvalue weighted by Crippen LogP contribution is 2.50. The highest BCUT2D eigenvalue weighted by molar-refractivity contribution is 5.89. The number of alkyl halides is 3. The summed E-state index contributed by atoms with van der Waals surface area (Å²) in [5.74, 6) is -1.69. The summed E-state index contributed by atoms with van der Waals surface area (Å²) in [6.07, 6.45) is -2.77. The number of halogens is 4. The molecule has 2 aliphatic carbocycles. The molecule has 4 nitrogen and oxygen atoms in total. The van der Waals surface area contributed by atoms with Gasteiger partial charge in [-0.2, -0.15) is 13.2 Å². The minimum atomic E-state index is -4.19. The highest BCUT2D eigenvalue weighted by Gasteiger charge is 2.63. The number of rotatable bonds is 4. The lowest BCUT2D eigenvalue weighted by atomic mass is 9.54. The summed E-state index contributed by atoms with van der Waals surface area (Å²) in [6, 6.07) is -0.453. The van der Waals surface area contributed by atoms with Crippen LogP contribution in [0.2, 0.25) is 0 Å². The number of carbonyl (C=O) groups is 1. The fourth-order valence-corrected chi connectivity index (χ4v) is 3.75. The Hall–Kier alpha value is -0.530. The molecular weight excluding hydrogens is 345 g/mol. The Morgan fingerprint density at radius 2 is 1.96 bits per heavy atom. The molecule has 8 heteroatoms. The van der Waals surface area contributed by atoms with Crippen LogP contribution in [0.5, 0.6) is 0 Å². The summed E-state index contributed by atoms with van der Waals surface area (Å²) in [6.45, 7) is 6.17. The Balaban J connectivity index is 0.00000288. The zero-order valence-corrected chi connectivity index (χ0v) is 15.2. The van der Waals surface area contributed by atoms with Crippen molar-refractivity contribution < 1.29 is 22.7 Å². The third-order valence-electron chi connectivity index (χ3n) is 5.71. The molecule has 0 aromatic rings. The number of amides is 1. The zero-order chi connectivity index (χ0) is 17.5. The molecule has 0 radical (unpaired) electrons. The normalized spacial score (nSPS) is 35.5. The van der Waals surface area contributed by atoms with Gasteiger partial charge in [-0.05, 0) is 26.2 Å². The van der Waals surface area contributed by atoms with Crippen LogP contribution in [0.3, 0.4) is 0 Å². The van der Waals surface area contributed by atoms with Gasteiger partial charge in [0.15, 0.2) is 0 Å². The van der Waals surface area contributed by atoms with Gasteiger partial charge in [-0.25, -0.2) is 0 Å². The van der Waals surface area contributed by atoms with Gasteiger partial charge in [-0.1, -0.05) is 20.3 Å². The van der Waals surface area contributed by atoms with E-state index in [0.717, 1.165) is 0 Å². The van der Waals surface area contributed by atoms with Gasteiger partial charge in [0.2, 0.25) is 5.91 Å². The van der Waals surface area contributed by atoms with E-state index in [1.54, 1.807) is 0 Å². The lowest BCUT2D eigenvalue weighted by Crippen LogP contribution is -2.76. The van der Waals surface area contributed by atoms with E-state index in [2.05, 4.69) is 5.32 Å². The van der Waals surface area contributed by atoms with Crippen molar-refractivity contribution in [1.29, 1.82) is 0 Å². The lowest BCUT2D eigenvalue weighted by molar-refractivity contribution is -0.186. The van der Waals surface area contributed by atoms with Crippen LogP contribution in [0.15, 0.2) is 0 Å². The molecule has 2 aliphatic rings. The number of nitrogens with one attached hydrogen (secondary N) is 1. The van der Waals surface area contributed by atoms with E-state index in [4.69, 9.17) is 10.5 Å². The highest BCUT2D eigenvalue weighted by atomic mass is 35.5. The maximum absolute atomic E-state index is 12.9. The first-order valence-electron chi connectivity index (χ1n) is 8.30. The van der Waals surface area contributed by atoms with E-state index in [1.807, 2.05) is 20.8 Å². The van der Waals surface area contributed by atoms with Crippen LogP contribution >= 0.6 is 12.4 Å². The minimum absolute atomic E-state index is 0. The smallest absolute Gasteiger partial charge is 0.378 e. The first-order valence-corrected chi connectivity index (χ1v) is 8.30. The predicted molar refractivity (Wildman–Crippen MR) is 87.9 cm³/mol. The Labute approximate surface area is 147 Å². The molecule has 24 heavy (non-hydrogen) atoms. The fourth-order valence-electron chi connectivity index (χ4n) is 3.75. The molecule has 2 saturated carbocycles. The van der Waals surface area contributed by atoms with Crippen molar-refractivity contribution in [3.8, 4) is 0 Å². The average molecular weight is 373 g/mol. The molecule has 142 valence electrons. The zero-order valence-electron chi connectivity index (χ0n) is 14.4. The van der Waals surface area contributed by atoms with Crippen molar-refractivity contribution in [2.45, 2.75) is 76.7 Å². The lowest BCUT2D eigenvalue weighted by Gasteiger charge is -2.57. The molecule has 2 fully saturated rings. The second-order valence-electron chi connectivity index (χ2n) is 7.42. The van der Waals surface area contributed by atoms with Crippen LogP contribution in [0.4, 0.5) is 13.2 Å². The van der Waals surface area contributed by atoms with Crippen molar-refractivity contribution in [2.24, 2.45) is 17.1 Å². The third-order valence-corrected chi connectivity index (χ3v) is 5.71. The van der Waals surface area contributed by atoms with Gasteiger partial charge in [0.25, 0.3) is 0 Å². The number of hydrogen-bond acceptors (Lipinski definition) is 3. The van der Waals surface area contributed by atoms with E-state index < -0.39 is 29.1 Å². The monoisotopic (exact) mass is 372 g/mol. The molecule has 0 spiro atoms. The first kappa shape index (κ1) is 21.5. The second kappa shape index (κ2) is 7.38. The van der Waals surface area contributed by atoms with Gasteiger partial charge < -0.3 is 15.8 Å². The molecule has 0 saturated heterocycles. The average Bonchev–Trinajstić information content (AvgIpc) is 2.46. The Kier molecular flexibility index (Phi) is 6.61. The van der Waals surface area contributed by atoms with Gasteiger partial charge in [0, 0.05) is 24.5 Å². The maximum atomic E-state index is 12.9. The van der Waals surface area contributed by atoms with E-state index in [0.29, 0.717) is 25.9 Å². The van der Waals surface area contributed by atoms with Crippen molar-refractivity contribution in [1.82, 2.24) is 5.32 Å². The van der Waals surface area contributed by atoms with Gasteiger partial charge in [0.05, 0.1) is 12.0 Å². The Morgan fingerprint density at radius 3 is 2.46 bits per heavy atom. The standard InChI is InChI=1S/C16H27F3N2O2.ClH/c1-4-23-12-9-15(20,14(12,2)3)13(22)21-11-7-5-6-10(8-11)16(17,18)19;/h10-12H,4-9,20H2,1-3H3,(H,21,22);1H. The quantitative estimate of drug-likeness (QED) is 0.796. The number of ether oxygens (including phenoxy) is 1. The van der Waals surface area contributed by atoms with Crippen LogP contribution in [0, 0.1) is 11.3 Å². The minimum Gasteiger partial charge on any atom is -0.378 e. The summed E-state index contributed by atoms with van der Waals surface area (Å²) in [5.41, 5.74) is 4.65. The van der Waals surface area contributed by atoms with Gasteiger partial charge in [-0.3, -0.25) is 4.79 Å². The van der Waals surface area contributed by atoms with Gasteiger partial charge in [0.1, 0.15) is 5.54 Å². The number of hydrogen-bond donors (Lipinski definition) is 2. The largest absolute Gasteiger partial charge is 0.391 e. The molecule has 2 rings (SSSR count). The predicted octanol–water partition coefficient (Wildman–Crippen LogP) is 3.18. The van der Waals surface area contributed by atoms with Crippen molar-refractivity contribution in [3.05, 3.63) is 0 Å².